The standard InChI is InChI=1S/C14H11BrClFO2/c15-12-5-4-11(6-10(12)7-18)19-8-9-2-1-3-13(16)14(9)17/h1-6,18H,7-8H2. The Balaban J connectivity index is 2.12. The lowest BCUT2D eigenvalue weighted by atomic mass is 10.2. The Morgan fingerprint density at radius 1 is 1.21 bits per heavy atom. The maximum Gasteiger partial charge on any atom is 0.148 e. The summed E-state index contributed by atoms with van der Waals surface area (Å²) < 4.78 is 20.0. The molecule has 2 rings (SSSR count). The van der Waals surface area contributed by atoms with E-state index in [0.717, 1.165) is 4.47 Å². The van der Waals surface area contributed by atoms with Crippen LogP contribution in [0, 0.1) is 5.82 Å². The molecule has 0 fully saturated rings. The van der Waals surface area contributed by atoms with Gasteiger partial charge in [-0.1, -0.05) is 39.7 Å². The predicted molar refractivity (Wildman–Crippen MR) is 75.8 cm³/mol. The molecule has 100 valence electrons. The molecule has 5 heteroatoms. The van der Waals surface area contributed by atoms with Crippen molar-refractivity contribution in [1.29, 1.82) is 0 Å². The summed E-state index contributed by atoms with van der Waals surface area (Å²) in [5, 5.41) is 9.22. The molecule has 0 atom stereocenters. The number of aliphatic hydroxyl groups is 1. The van der Waals surface area contributed by atoms with Crippen LogP contribution in [0.1, 0.15) is 11.1 Å². The average Bonchev–Trinajstić information content (AvgIpc) is 2.42. The fourth-order valence-corrected chi connectivity index (χ4v) is 2.15. The fourth-order valence-electron chi connectivity index (χ4n) is 1.58. The van der Waals surface area contributed by atoms with Gasteiger partial charge in [-0.15, -0.1) is 0 Å². The Labute approximate surface area is 123 Å². The zero-order valence-corrected chi connectivity index (χ0v) is 12.2. The number of halogens is 3. The molecule has 0 aliphatic rings. The third-order valence-electron chi connectivity index (χ3n) is 2.61. The van der Waals surface area contributed by atoms with Crippen molar-refractivity contribution in [1.82, 2.24) is 0 Å². The van der Waals surface area contributed by atoms with Crippen LogP contribution >= 0.6 is 27.5 Å². The summed E-state index contributed by atoms with van der Waals surface area (Å²) in [4.78, 5) is 0. The van der Waals surface area contributed by atoms with Crippen LogP contribution in [0.5, 0.6) is 5.75 Å². The molecule has 19 heavy (non-hydrogen) atoms. The summed E-state index contributed by atoms with van der Waals surface area (Å²) in [6, 6.07) is 10.00. The highest BCUT2D eigenvalue weighted by Crippen LogP contribution is 2.24. The molecule has 0 heterocycles. The van der Waals surface area contributed by atoms with Gasteiger partial charge in [0.1, 0.15) is 18.2 Å². The smallest absolute Gasteiger partial charge is 0.148 e. The Morgan fingerprint density at radius 2 is 2.00 bits per heavy atom. The minimum Gasteiger partial charge on any atom is -0.489 e. The highest BCUT2D eigenvalue weighted by molar-refractivity contribution is 9.10. The van der Waals surface area contributed by atoms with Gasteiger partial charge < -0.3 is 9.84 Å². The van der Waals surface area contributed by atoms with Crippen molar-refractivity contribution in [2.45, 2.75) is 13.2 Å². The lowest BCUT2D eigenvalue weighted by Gasteiger charge is -2.09. The Hall–Kier alpha value is -1.10. The lowest BCUT2D eigenvalue weighted by Crippen LogP contribution is -1.99. The molecule has 2 nitrogen and oxygen atoms in total. The van der Waals surface area contributed by atoms with Gasteiger partial charge in [0.25, 0.3) is 0 Å². The van der Waals surface area contributed by atoms with Gasteiger partial charge in [-0.05, 0) is 29.8 Å². The zero-order valence-electron chi connectivity index (χ0n) is 9.87. The van der Waals surface area contributed by atoms with Gasteiger partial charge in [0, 0.05) is 10.0 Å². The second-order valence-corrected chi connectivity index (χ2v) is 5.17. The largest absolute Gasteiger partial charge is 0.489 e. The van der Waals surface area contributed by atoms with Crippen molar-refractivity contribution in [3.05, 3.63) is 62.8 Å². The number of ether oxygens (including phenoxy) is 1. The molecule has 0 aliphatic carbocycles. The molecule has 0 spiro atoms. The molecule has 1 N–H and O–H groups in total. The van der Waals surface area contributed by atoms with Gasteiger partial charge in [0.05, 0.1) is 11.6 Å². The summed E-state index contributed by atoms with van der Waals surface area (Å²) in [5.41, 5.74) is 1.10. The average molecular weight is 346 g/mol. The number of benzene rings is 2. The normalized spacial score (nSPS) is 10.5. The topological polar surface area (TPSA) is 29.5 Å². The van der Waals surface area contributed by atoms with Crippen molar-refractivity contribution in [3.8, 4) is 5.75 Å². The number of hydrogen-bond acceptors (Lipinski definition) is 2. The maximum atomic E-state index is 13.7. The number of hydrogen-bond donors (Lipinski definition) is 1. The Bertz CT molecular complexity index is 590. The van der Waals surface area contributed by atoms with E-state index in [-0.39, 0.29) is 18.2 Å². The van der Waals surface area contributed by atoms with Gasteiger partial charge in [-0.3, -0.25) is 0 Å². The third-order valence-corrected chi connectivity index (χ3v) is 3.68. The molecule has 0 aromatic heterocycles. The van der Waals surface area contributed by atoms with Crippen molar-refractivity contribution < 1.29 is 14.2 Å². The Morgan fingerprint density at radius 3 is 2.74 bits per heavy atom. The second-order valence-electron chi connectivity index (χ2n) is 3.91. The van der Waals surface area contributed by atoms with Crippen LogP contribution in [0.3, 0.4) is 0 Å². The summed E-state index contributed by atoms with van der Waals surface area (Å²) in [7, 11) is 0. The molecular formula is C14H11BrClFO2. The quantitative estimate of drug-likeness (QED) is 0.894. The first-order valence-corrected chi connectivity index (χ1v) is 6.74. The van der Waals surface area contributed by atoms with E-state index in [0.29, 0.717) is 16.9 Å². The highest BCUT2D eigenvalue weighted by Gasteiger charge is 2.07. The van der Waals surface area contributed by atoms with Crippen molar-refractivity contribution in [3.63, 3.8) is 0 Å². The van der Waals surface area contributed by atoms with Gasteiger partial charge >= 0.3 is 0 Å². The molecule has 2 aromatic rings. The van der Waals surface area contributed by atoms with Crippen LogP contribution in [-0.4, -0.2) is 5.11 Å². The monoisotopic (exact) mass is 344 g/mol. The summed E-state index contributed by atoms with van der Waals surface area (Å²) in [6.45, 7) is -0.0117. The van der Waals surface area contributed by atoms with Crippen LogP contribution in [0.2, 0.25) is 5.02 Å². The molecule has 0 bridgehead atoms. The van der Waals surface area contributed by atoms with Crippen LogP contribution in [-0.2, 0) is 13.2 Å². The molecular weight excluding hydrogens is 335 g/mol. The van der Waals surface area contributed by atoms with Crippen molar-refractivity contribution in [2.24, 2.45) is 0 Å². The van der Waals surface area contributed by atoms with E-state index in [9.17, 15) is 4.39 Å². The predicted octanol–water partition coefficient (Wildman–Crippen LogP) is 4.31. The van der Waals surface area contributed by atoms with E-state index in [1.165, 1.54) is 6.07 Å². The van der Waals surface area contributed by atoms with Gasteiger partial charge in [0.15, 0.2) is 0 Å². The number of aliphatic hydroxyl groups excluding tert-OH is 1. The van der Waals surface area contributed by atoms with Crippen molar-refractivity contribution >= 4 is 27.5 Å². The Kier molecular flexibility index (Phi) is 4.80. The van der Waals surface area contributed by atoms with E-state index in [2.05, 4.69) is 15.9 Å². The SMILES string of the molecule is OCc1cc(OCc2cccc(Cl)c2F)ccc1Br. The highest BCUT2D eigenvalue weighted by atomic mass is 79.9. The molecule has 0 unspecified atom stereocenters. The molecule has 2 aromatic carbocycles. The molecule has 0 saturated carbocycles. The van der Waals surface area contributed by atoms with Gasteiger partial charge in [-0.2, -0.15) is 0 Å². The van der Waals surface area contributed by atoms with Crippen molar-refractivity contribution in [2.75, 3.05) is 0 Å². The zero-order chi connectivity index (χ0) is 13.8. The first kappa shape index (κ1) is 14.3. The molecule has 0 radical (unpaired) electrons. The van der Waals surface area contributed by atoms with Gasteiger partial charge in [-0.25, -0.2) is 4.39 Å². The number of rotatable bonds is 4. The van der Waals surface area contributed by atoms with Crippen LogP contribution in [0.25, 0.3) is 0 Å². The van der Waals surface area contributed by atoms with Crippen LogP contribution < -0.4 is 4.74 Å². The minimum atomic E-state index is -0.469. The van der Waals surface area contributed by atoms with E-state index >= 15 is 0 Å². The fraction of sp³-hybridized carbons (Fsp3) is 0.143. The van der Waals surface area contributed by atoms with Crippen LogP contribution in [0.4, 0.5) is 4.39 Å². The lowest BCUT2D eigenvalue weighted by molar-refractivity contribution is 0.276. The summed E-state index contributed by atoms with van der Waals surface area (Å²) in [6.07, 6.45) is 0. The molecule has 0 amide bonds. The van der Waals surface area contributed by atoms with E-state index in [1.54, 1.807) is 30.3 Å². The third kappa shape index (κ3) is 3.47. The van der Waals surface area contributed by atoms with E-state index < -0.39 is 5.82 Å². The maximum absolute atomic E-state index is 13.7. The first-order chi connectivity index (χ1) is 9.11. The van der Waals surface area contributed by atoms with E-state index in [4.69, 9.17) is 21.4 Å². The van der Waals surface area contributed by atoms with E-state index in [1.807, 2.05) is 0 Å². The second kappa shape index (κ2) is 6.37. The minimum absolute atomic E-state index is 0.0768. The first-order valence-electron chi connectivity index (χ1n) is 5.57. The molecule has 0 aliphatic heterocycles. The molecule has 0 saturated heterocycles. The van der Waals surface area contributed by atoms with Crippen LogP contribution in [0.15, 0.2) is 40.9 Å². The van der Waals surface area contributed by atoms with Gasteiger partial charge in [0.2, 0.25) is 0 Å². The summed E-state index contributed by atoms with van der Waals surface area (Å²) >= 11 is 9.01. The summed E-state index contributed by atoms with van der Waals surface area (Å²) in [5.74, 6) is 0.0929.